The Morgan fingerprint density at radius 2 is 1.86 bits per heavy atom. The maximum absolute atomic E-state index is 11.3. The number of hydrogen-bond donors (Lipinski definition) is 2. The van der Waals surface area contributed by atoms with Gasteiger partial charge in [-0.15, -0.1) is 0 Å². The van der Waals surface area contributed by atoms with Crippen molar-refractivity contribution in [1.29, 1.82) is 0 Å². The predicted molar refractivity (Wildman–Crippen MR) is 81.9 cm³/mol. The van der Waals surface area contributed by atoms with E-state index in [1.807, 2.05) is 24.3 Å². The number of esters is 1. The number of benzene rings is 2. The molecule has 0 unspecified atom stereocenters. The van der Waals surface area contributed by atoms with Gasteiger partial charge >= 0.3 is 5.97 Å². The van der Waals surface area contributed by atoms with Crippen LogP contribution in [0.3, 0.4) is 0 Å². The zero-order chi connectivity index (χ0) is 15.7. The molecule has 1 amide bonds. The van der Waals surface area contributed by atoms with Crippen molar-refractivity contribution in [2.24, 2.45) is 0 Å². The quantitative estimate of drug-likeness (QED) is 0.560. The first-order valence-corrected chi connectivity index (χ1v) is 6.71. The van der Waals surface area contributed by atoms with Gasteiger partial charge in [0.25, 0.3) is 0 Å². The smallest absolute Gasteiger partial charge is 0.308 e. The number of amides is 1. The van der Waals surface area contributed by atoms with Crippen LogP contribution in [0.5, 0.6) is 17.2 Å². The molecular formula is C16H14N2O4. The molecule has 6 nitrogen and oxygen atoms in total. The van der Waals surface area contributed by atoms with E-state index >= 15 is 0 Å². The number of fused-ring (bicyclic) bond motifs is 2. The van der Waals surface area contributed by atoms with Gasteiger partial charge in [-0.3, -0.25) is 9.59 Å². The van der Waals surface area contributed by atoms with Crippen LogP contribution in [-0.2, 0) is 9.59 Å². The van der Waals surface area contributed by atoms with Gasteiger partial charge in [0.05, 0.1) is 17.1 Å². The summed E-state index contributed by atoms with van der Waals surface area (Å²) in [5.74, 6) is 0.698. The van der Waals surface area contributed by atoms with Gasteiger partial charge in [0.1, 0.15) is 0 Å². The van der Waals surface area contributed by atoms with Crippen molar-refractivity contribution < 1.29 is 19.1 Å². The van der Waals surface area contributed by atoms with Crippen LogP contribution in [0, 0.1) is 0 Å². The Morgan fingerprint density at radius 3 is 2.59 bits per heavy atom. The summed E-state index contributed by atoms with van der Waals surface area (Å²) >= 11 is 0. The van der Waals surface area contributed by atoms with Crippen LogP contribution in [0.1, 0.15) is 13.8 Å². The molecule has 0 aromatic heterocycles. The average molecular weight is 298 g/mol. The molecule has 3 rings (SSSR count). The molecule has 0 saturated carbocycles. The summed E-state index contributed by atoms with van der Waals surface area (Å²) in [5, 5.41) is 5.86. The molecule has 0 saturated heterocycles. The van der Waals surface area contributed by atoms with Crippen molar-refractivity contribution in [1.82, 2.24) is 0 Å². The van der Waals surface area contributed by atoms with Gasteiger partial charge in [-0.25, -0.2) is 0 Å². The number of hydrogen-bond acceptors (Lipinski definition) is 5. The van der Waals surface area contributed by atoms with E-state index in [0.29, 0.717) is 22.9 Å². The van der Waals surface area contributed by atoms with Gasteiger partial charge in [0.2, 0.25) is 5.91 Å². The van der Waals surface area contributed by atoms with E-state index in [-0.39, 0.29) is 11.7 Å². The van der Waals surface area contributed by atoms with Crippen LogP contribution in [0.4, 0.5) is 17.1 Å². The van der Waals surface area contributed by atoms with Crippen LogP contribution in [0.25, 0.3) is 0 Å². The predicted octanol–water partition coefficient (Wildman–Crippen LogP) is 3.42. The Kier molecular flexibility index (Phi) is 3.42. The molecule has 1 aliphatic rings. The lowest BCUT2D eigenvalue weighted by Crippen LogP contribution is -2.11. The molecule has 2 aromatic rings. The highest BCUT2D eigenvalue weighted by Gasteiger charge is 2.20. The first kappa shape index (κ1) is 13.9. The molecule has 22 heavy (non-hydrogen) atoms. The molecule has 0 spiro atoms. The second-order valence-electron chi connectivity index (χ2n) is 4.84. The van der Waals surface area contributed by atoms with E-state index in [9.17, 15) is 9.59 Å². The Morgan fingerprint density at radius 1 is 1.09 bits per heavy atom. The van der Waals surface area contributed by atoms with Crippen LogP contribution in [0.2, 0.25) is 0 Å². The van der Waals surface area contributed by atoms with Gasteiger partial charge in [0.15, 0.2) is 17.2 Å². The molecule has 0 aliphatic carbocycles. The van der Waals surface area contributed by atoms with Gasteiger partial charge in [-0.2, -0.15) is 0 Å². The van der Waals surface area contributed by atoms with Crippen molar-refractivity contribution in [2.75, 3.05) is 10.6 Å². The molecule has 6 heteroatoms. The molecule has 0 atom stereocenters. The fraction of sp³-hybridized carbons (Fsp3) is 0.125. The summed E-state index contributed by atoms with van der Waals surface area (Å²) in [7, 11) is 0. The number of anilines is 3. The highest BCUT2D eigenvalue weighted by molar-refractivity contribution is 5.93. The standard InChI is InChI=1S/C16H14N2O4/c1-9(19)17-12-7-13-16(8-15(12)21-10(2)20)22-14-6-4-3-5-11(14)18-13/h3-8,18H,1-2H3,(H,17,19). The molecule has 2 N–H and O–H groups in total. The lowest BCUT2D eigenvalue weighted by Gasteiger charge is -2.23. The van der Waals surface area contributed by atoms with Gasteiger partial charge in [0, 0.05) is 19.9 Å². The van der Waals surface area contributed by atoms with Crippen molar-refractivity contribution >= 4 is 28.9 Å². The molecule has 1 aliphatic heterocycles. The number of carbonyl (C=O) groups is 2. The van der Waals surface area contributed by atoms with Crippen molar-refractivity contribution in [2.45, 2.75) is 13.8 Å². The van der Waals surface area contributed by atoms with E-state index in [4.69, 9.17) is 9.47 Å². The van der Waals surface area contributed by atoms with Crippen LogP contribution in [-0.4, -0.2) is 11.9 Å². The van der Waals surface area contributed by atoms with Crippen LogP contribution >= 0.6 is 0 Å². The molecule has 0 fully saturated rings. The topological polar surface area (TPSA) is 76.7 Å². The maximum Gasteiger partial charge on any atom is 0.308 e. The highest BCUT2D eigenvalue weighted by Crippen LogP contribution is 2.45. The van der Waals surface area contributed by atoms with E-state index in [2.05, 4.69) is 10.6 Å². The molecule has 2 aromatic carbocycles. The molecular weight excluding hydrogens is 284 g/mol. The summed E-state index contributed by atoms with van der Waals surface area (Å²) in [5.41, 5.74) is 1.90. The van der Waals surface area contributed by atoms with Crippen LogP contribution in [0.15, 0.2) is 36.4 Å². The minimum Gasteiger partial charge on any atom is -0.453 e. The number of nitrogens with one attached hydrogen (secondary N) is 2. The Labute approximate surface area is 127 Å². The summed E-state index contributed by atoms with van der Waals surface area (Å²) < 4.78 is 10.9. The van der Waals surface area contributed by atoms with Crippen LogP contribution < -0.4 is 20.1 Å². The van der Waals surface area contributed by atoms with E-state index in [1.54, 1.807) is 12.1 Å². The maximum atomic E-state index is 11.3. The highest BCUT2D eigenvalue weighted by atomic mass is 16.5. The molecule has 1 heterocycles. The third-order valence-corrected chi connectivity index (χ3v) is 3.02. The fourth-order valence-corrected chi connectivity index (χ4v) is 2.19. The largest absolute Gasteiger partial charge is 0.453 e. The summed E-state index contributed by atoms with van der Waals surface area (Å²) in [4.78, 5) is 22.5. The minimum absolute atomic E-state index is 0.239. The fourth-order valence-electron chi connectivity index (χ4n) is 2.19. The third-order valence-electron chi connectivity index (χ3n) is 3.02. The Bertz CT molecular complexity index is 707. The number of carbonyl (C=O) groups excluding carboxylic acids is 2. The van der Waals surface area contributed by atoms with E-state index in [1.165, 1.54) is 13.8 Å². The van der Waals surface area contributed by atoms with Crippen molar-refractivity contribution in [3.63, 3.8) is 0 Å². The van der Waals surface area contributed by atoms with E-state index in [0.717, 1.165) is 5.69 Å². The number of rotatable bonds is 2. The summed E-state index contributed by atoms with van der Waals surface area (Å²) in [6.45, 7) is 2.68. The van der Waals surface area contributed by atoms with Gasteiger partial charge in [-0.05, 0) is 18.2 Å². The summed E-state index contributed by atoms with van der Waals surface area (Å²) in [6, 6.07) is 10.7. The number of ether oxygens (including phenoxy) is 2. The lowest BCUT2D eigenvalue weighted by atomic mass is 10.2. The first-order chi connectivity index (χ1) is 10.5. The second kappa shape index (κ2) is 5.40. The molecule has 0 bridgehead atoms. The zero-order valence-corrected chi connectivity index (χ0v) is 12.1. The van der Waals surface area contributed by atoms with Crippen molar-refractivity contribution in [3.8, 4) is 17.2 Å². The second-order valence-corrected chi connectivity index (χ2v) is 4.84. The van der Waals surface area contributed by atoms with Gasteiger partial charge < -0.3 is 20.1 Å². The summed E-state index contributed by atoms with van der Waals surface area (Å²) in [6.07, 6.45) is 0. The number of para-hydroxylation sites is 2. The minimum atomic E-state index is -0.476. The lowest BCUT2D eigenvalue weighted by molar-refractivity contribution is -0.131. The average Bonchev–Trinajstić information content (AvgIpc) is 2.45. The molecule has 112 valence electrons. The third kappa shape index (κ3) is 2.71. The zero-order valence-electron chi connectivity index (χ0n) is 12.1. The Hall–Kier alpha value is -3.02. The molecule has 0 radical (unpaired) electrons. The monoisotopic (exact) mass is 298 g/mol. The first-order valence-electron chi connectivity index (χ1n) is 6.71. The van der Waals surface area contributed by atoms with E-state index < -0.39 is 5.97 Å². The van der Waals surface area contributed by atoms with Gasteiger partial charge in [-0.1, -0.05) is 12.1 Å². The normalized spacial score (nSPS) is 11.4. The Balaban J connectivity index is 2.03. The van der Waals surface area contributed by atoms with Crippen molar-refractivity contribution in [3.05, 3.63) is 36.4 Å². The SMILES string of the molecule is CC(=O)Nc1cc2c(cc1OC(C)=O)Oc1ccccc1N2.